The van der Waals surface area contributed by atoms with Crippen LogP contribution in [0.15, 0.2) is 41.8 Å². The lowest BCUT2D eigenvalue weighted by Gasteiger charge is -2.04. The number of nitrogens with one attached hydrogen (secondary N) is 1. The molecule has 0 spiro atoms. The zero-order valence-electron chi connectivity index (χ0n) is 10.5. The molecule has 2 aromatic rings. The highest BCUT2D eigenvalue weighted by molar-refractivity contribution is 5.78. The molecule has 1 aliphatic carbocycles. The van der Waals surface area contributed by atoms with Crippen molar-refractivity contribution in [1.29, 1.82) is 0 Å². The van der Waals surface area contributed by atoms with E-state index >= 15 is 0 Å². The van der Waals surface area contributed by atoms with Crippen LogP contribution in [0.5, 0.6) is 0 Å². The van der Waals surface area contributed by atoms with Crippen LogP contribution < -0.4 is 11.1 Å². The number of nitrogens with zero attached hydrogens (tertiary/aromatic N) is 4. The van der Waals surface area contributed by atoms with Crippen LogP contribution in [0.1, 0.15) is 18.4 Å². The minimum absolute atomic E-state index is 0.514. The largest absolute Gasteiger partial charge is 0.370 e. The molecule has 0 amide bonds. The van der Waals surface area contributed by atoms with Gasteiger partial charge in [0.05, 0.1) is 6.54 Å². The average Bonchev–Trinajstić information content (AvgIpc) is 3.07. The van der Waals surface area contributed by atoms with Gasteiger partial charge in [-0.2, -0.15) is 5.10 Å². The standard InChI is InChI=1S/C13H16N6/c14-13(18-11-2-3-11)16-9-10-4-6-15-12(8-10)19-7-1-5-17-19/h1,4-8,11H,2-3,9H2,(H3,14,16,18). The van der Waals surface area contributed by atoms with E-state index in [0.717, 1.165) is 11.4 Å². The van der Waals surface area contributed by atoms with Gasteiger partial charge < -0.3 is 11.1 Å². The first-order valence-electron chi connectivity index (χ1n) is 6.33. The molecular formula is C13H16N6. The highest BCUT2D eigenvalue weighted by Crippen LogP contribution is 2.18. The lowest BCUT2D eigenvalue weighted by Crippen LogP contribution is -2.33. The Balaban J connectivity index is 1.69. The smallest absolute Gasteiger partial charge is 0.189 e. The Morgan fingerprint density at radius 3 is 3.11 bits per heavy atom. The minimum atomic E-state index is 0.514. The van der Waals surface area contributed by atoms with Crippen molar-refractivity contribution >= 4 is 5.96 Å². The van der Waals surface area contributed by atoms with E-state index in [1.54, 1.807) is 17.1 Å². The van der Waals surface area contributed by atoms with Crippen LogP contribution in [0.2, 0.25) is 0 Å². The number of rotatable bonds is 4. The van der Waals surface area contributed by atoms with Crippen LogP contribution >= 0.6 is 0 Å². The molecular weight excluding hydrogens is 240 g/mol. The third kappa shape index (κ3) is 3.09. The van der Waals surface area contributed by atoms with Gasteiger partial charge in [-0.25, -0.2) is 14.7 Å². The molecule has 6 heteroatoms. The molecule has 1 aliphatic rings. The molecule has 2 aromatic heterocycles. The SMILES string of the molecule is NC(=NCc1ccnc(-n2cccn2)c1)NC1CC1. The Morgan fingerprint density at radius 1 is 1.47 bits per heavy atom. The van der Waals surface area contributed by atoms with Crippen LogP contribution in [-0.2, 0) is 6.54 Å². The molecule has 98 valence electrons. The number of nitrogens with two attached hydrogens (primary N) is 1. The second-order valence-electron chi connectivity index (χ2n) is 4.59. The van der Waals surface area contributed by atoms with Crippen LogP contribution in [-0.4, -0.2) is 26.8 Å². The second-order valence-corrected chi connectivity index (χ2v) is 4.59. The average molecular weight is 256 g/mol. The molecule has 1 saturated carbocycles. The van der Waals surface area contributed by atoms with Gasteiger partial charge >= 0.3 is 0 Å². The van der Waals surface area contributed by atoms with Crippen molar-refractivity contribution in [1.82, 2.24) is 20.1 Å². The lowest BCUT2D eigenvalue weighted by atomic mass is 10.2. The molecule has 19 heavy (non-hydrogen) atoms. The van der Waals surface area contributed by atoms with Crippen molar-refractivity contribution in [3.05, 3.63) is 42.4 Å². The summed E-state index contributed by atoms with van der Waals surface area (Å²) in [5.41, 5.74) is 6.86. The molecule has 3 rings (SSSR count). The molecule has 0 saturated heterocycles. The van der Waals surface area contributed by atoms with Gasteiger partial charge in [0.15, 0.2) is 11.8 Å². The molecule has 0 aliphatic heterocycles. The van der Waals surface area contributed by atoms with Crippen molar-refractivity contribution in [2.24, 2.45) is 10.7 Å². The van der Waals surface area contributed by atoms with Crippen molar-refractivity contribution in [2.45, 2.75) is 25.4 Å². The first-order valence-corrected chi connectivity index (χ1v) is 6.33. The zero-order chi connectivity index (χ0) is 13.1. The van der Waals surface area contributed by atoms with Crippen LogP contribution in [0.4, 0.5) is 0 Å². The Morgan fingerprint density at radius 2 is 2.37 bits per heavy atom. The summed E-state index contributed by atoms with van der Waals surface area (Å²) in [4.78, 5) is 8.60. The number of guanidine groups is 1. The van der Waals surface area contributed by atoms with Crippen molar-refractivity contribution < 1.29 is 0 Å². The van der Waals surface area contributed by atoms with Gasteiger partial charge in [0, 0.05) is 24.6 Å². The van der Waals surface area contributed by atoms with Gasteiger partial charge in [0.25, 0.3) is 0 Å². The molecule has 0 unspecified atom stereocenters. The summed E-state index contributed by atoms with van der Waals surface area (Å²) >= 11 is 0. The predicted octanol–water partition coefficient (Wildman–Crippen LogP) is 0.834. The fraction of sp³-hybridized carbons (Fsp3) is 0.308. The molecule has 2 heterocycles. The third-order valence-electron chi connectivity index (χ3n) is 2.91. The fourth-order valence-corrected chi connectivity index (χ4v) is 1.75. The van der Waals surface area contributed by atoms with Crippen LogP contribution in [0, 0.1) is 0 Å². The van der Waals surface area contributed by atoms with Crippen molar-refractivity contribution in [3.8, 4) is 5.82 Å². The molecule has 0 bridgehead atoms. The topological polar surface area (TPSA) is 81.1 Å². The van der Waals surface area contributed by atoms with E-state index in [0.29, 0.717) is 18.5 Å². The highest BCUT2D eigenvalue weighted by atomic mass is 15.3. The molecule has 6 nitrogen and oxygen atoms in total. The number of aromatic nitrogens is 3. The van der Waals surface area contributed by atoms with E-state index in [1.807, 2.05) is 24.4 Å². The number of hydrogen-bond acceptors (Lipinski definition) is 3. The summed E-state index contributed by atoms with van der Waals surface area (Å²) in [6.07, 6.45) is 7.72. The quantitative estimate of drug-likeness (QED) is 0.627. The van der Waals surface area contributed by atoms with E-state index in [9.17, 15) is 0 Å². The Kier molecular flexibility index (Phi) is 3.14. The summed E-state index contributed by atoms with van der Waals surface area (Å²) < 4.78 is 1.72. The van der Waals surface area contributed by atoms with Gasteiger partial charge in [-0.15, -0.1) is 0 Å². The molecule has 0 atom stereocenters. The summed E-state index contributed by atoms with van der Waals surface area (Å²) in [5.74, 6) is 1.30. The Labute approximate surface area is 111 Å². The maximum absolute atomic E-state index is 5.80. The van der Waals surface area contributed by atoms with Gasteiger partial charge in [-0.1, -0.05) is 0 Å². The second kappa shape index (κ2) is 5.09. The normalized spacial score (nSPS) is 15.5. The fourth-order valence-electron chi connectivity index (χ4n) is 1.75. The van der Waals surface area contributed by atoms with E-state index in [4.69, 9.17) is 5.73 Å². The summed E-state index contributed by atoms with van der Waals surface area (Å²) in [6, 6.07) is 6.28. The molecule has 0 radical (unpaired) electrons. The Bertz CT molecular complexity index is 571. The van der Waals surface area contributed by atoms with Crippen LogP contribution in [0.3, 0.4) is 0 Å². The van der Waals surface area contributed by atoms with Gasteiger partial charge in [-0.05, 0) is 36.6 Å². The van der Waals surface area contributed by atoms with E-state index in [2.05, 4.69) is 20.4 Å². The molecule has 0 aromatic carbocycles. The first kappa shape index (κ1) is 11.7. The van der Waals surface area contributed by atoms with Crippen molar-refractivity contribution in [3.63, 3.8) is 0 Å². The van der Waals surface area contributed by atoms with Gasteiger partial charge in [0.2, 0.25) is 0 Å². The highest BCUT2D eigenvalue weighted by Gasteiger charge is 2.21. The van der Waals surface area contributed by atoms with E-state index in [1.165, 1.54) is 12.8 Å². The van der Waals surface area contributed by atoms with Gasteiger partial charge in [0.1, 0.15) is 0 Å². The zero-order valence-corrected chi connectivity index (χ0v) is 10.5. The maximum Gasteiger partial charge on any atom is 0.189 e. The Hall–Kier alpha value is -2.37. The number of hydrogen-bond donors (Lipinski definition) is 2. The monoisotopic (exact) mass is 256 g/mol. The van der Waals surface area contributed by atoms with E-state index in [-0.39, 0.29) is 0 Å². The molecule has 1 fully saturated rings. The number of pyridine rings is 1. The minimum Gasteiger partial charge on any atom is -0.370 e. The first-order chi connectivity index (χ1) is 9.31. The van der Waals surface area contributed by atoms with Crippen molar-refractivity contribution in [2.75, 3.05) is 0 Å². The van der Waals surface area contributed by atoms with Gasteiger partial charge in [-0.3, -0.25) is 0 Å². The summed E-state index contributed by atoms with van der Waals surface area (Å²) in [5, 5.41) is 7.31. The summed E-state index contributed by atoms with van der Waals surface area (Å²) in [6.45, 7) is 0.544. The molecule has 3 N–H and O–H groups in total. The summed E-state index contributed by atoms with van der Waals surface area (Å²) in [7, 11) is 0. The lowest BCUT2D eigenvalue weighted by molar-refractivity contribution is 0.839. The van der Waals surface area contributed by atoms with E-state index < -0.39 is 0 Å². The third-order valence-corrected chi connectivity index (χ3v) is 2.91. The predicted molar refractivity (Wildman–Crippen MR) is 72.8 cm³/mol. The maximum atomic E-state index is 5.80. The van der Waals surface area contributed by atoms with Crippen LogP contribution in [0.25, 0.3) is 5.82 Å². The number of aliphatic imine (C=N–C) groups is 1.